The molecule has 0 spiro atoms. The lowest BCUT2D eigenvalue weighted by Gasteiger charge is -2.10. The van der Waals surface area contributed by atoms with Crippen molar-refractivity contribution < 1.29 is 14.3 Å². The van der Waals surface area contributed by atoms with Gasteiger partial charge in [0.25, 0.3) is 0 Å². The molecule has 0 aliphatic carbocycles. The third kappa shape index (κ3) is 5.15. The van der Waals surface area contributed by atoms with Crippen LogP contribution in [0.2, 0.25) is 5.02 Å². The van der Waals surface area contributed by atoms with Crippen LogP contribution in [0.15, 0.2) is 59.6 Å². The maximum Gasteiger partial charge on any atom is 0.234 e. The molecule has 1 amide bonds. The largest absolute Gasteiger partial charge is 0.497 e. The molecular formula is C20H18ClN3O3S. The van der Waals surface area contributed by atoms with E-state index in [2.05, 4.69) is 15.5 Å². The summed E-state index contributed by atoms with van der Waals surface area (Å²) in [5.74, 6) is 1.29. The van der Waals surface area contributed by atoms with Gasteiger partial charge >= 0.3 is 0 Å². The van der Waals surface area contributed by atoms with Crippen LogP contribution < -0.4 is 14.8 Å². The first-order valence-electron chi connectivity index (χ1n) is 8.33. The molecule has 0 fully saturated rings. The molecule has 1 aromatic heterocycles. The van der Waals surface area contributed by atoms with Crippen LogP contribution in [0.3, 0.4) is 0 Å². The molecule has 144 valence electrons. The molecule has 0 aliphatic heterocycles. The predicted octanol–water partition coefficient (Wildman–Crippen LogP) is 4.55. The Morgan fingerprint density at radius 3 is 2.64 bits per heavy atom. The van der Waals surface area contributed by atoms with Gasteiger partial charge in [0.05, 0.1) is 31.4 Å². The molecule has 1 heterocycles. The van der Waals surface area contributed by atoms with Crippen LogP contribution in [0, 0.1) is 0 Å². The third-order valence-corrected chi connectivity index (χ3v) is 4.95. The molecule has 0 atom stereocenters. The Labute approximate surface area is 172 Å². The Bertz CT molecular complexity index is 967. The van der Waals surface area contributed by atoms with Crippen molar-refractivity contribution >= 4 is 35.0 Å². The van der Waals surface area contributed by atoms with Gasteiger partial charge in [-0.05, 0) is 42.5 Å². The summed E-state index contributed by atoms with van der Waals surface area (Å²) < 4.78 is 10.4. The molecule has 0 unspecified atom stereocenters. The number of amides is 1. The number of carbonyl (C=O) groups excluding carboxylic acids is 1. The normalized spacial score (nSPS) is 10.4. The molecule has 0 saturated carbocycles. The van der Waals surface area contributed by atoms with Crippen molar-refractivity contribution in [2.24, 2.45) is 0 Å². The van der Waals surface area contributed by atoms with Crippen LogP contribution in [0.5, 0.6) is 11.5 Å². The van der Waals surface area contributed by atoms with E-state index in [0.717, 1.165) is 17.0 Å². The summed E-state index contributed by atoms with van der Waals surface area (Å²) >= 11 is 7.27. The van der Waals surface area contributed by atoms with Gasteiger partial charge in [0.15, 0.2) is 0 Å². The van der Waals surface area contributed by atoms with Gasteiger partial charge in [0, 0.05) is 10.6 Å². The Morgan fingerprint density at radius 1 is 1.07 bits per heavy atom. The second-order valence-corrected chi connectivity index (χ2v) is 7.10. The third-order valence-electron chi connectivity index (χ3n) is 3.79. The number of nitrogens with one attached hydrogen (secondary N) is 1. The first-order chi connectivity index (χ1) is 13.6. The van der Waals surface area contributed by atoms with Gasteiger partial charge in [-0.25, -0.2) is 0 Å². The first-order valence-corrected chi connectivity index (χ1v) is 9.70. The van der Waals surface area contributed by atoms with Gasteiger partial charge in [-0.15, -0.1) is 10.2 Å². The van der Waals surface area contributed by atoms with Crippen LogP contribution in [0.4, 0.5) is 5.69 Å². The van der Waals surface area contributed by atoms with Gasteiger partial charge in [-0.1, -0.05) is 35.5 Å². The zero-order valence-electron chi connectivity index (χ0n) is 15.3. The highest BCUT2D eigenvalue weighted by Gasteiger charge is 2.10. The molecule has 0 aliphatic rings. The topological polar surface area (TPSA) is 73.3 Å². The number of anilines is 1. The zero-order chi connectivity index (χ0) is 19.9. The predicted molar refractivity (Wildman–Crippen MR) is 111 cm³/mol. The van der Waals surface area contributed by atoms with Crippen molar-refractivity contribution in [1.29, 1.82) is 0 Å². The number of carbonyl (C=O) groups is 1. The fraction of sp³-hybridized carbons (Fsp3) is 0.150. The van der Waals surface area contributed by atoms with Crippen LogP contribution in [-0.2, 0) is 4.79 Å². The number of hydrogen-bond donors (Lipinski definition) is 1. The average Bonchev–Trinajstić information content (AvgIpc) is 2.73. The molecule has 3 rings (SSSR count). The van der Waals surface area contributed by atoms with Gasteiger partial charge in [0.1, 0.15) is 16.5 Å². The summed E-state index contributed by atoms with van der Waals surface area (Å²) in [5, 5.41) is 12.4. The van der Waals surface area contributed by atoms with Crippen LogP contribution in [0.25, 0.3) is 11.3 Å². The molecular weight excluding hydrogens is 398 g/mol. The summed E-state index contributed by atoms with van der Waals surface area (Å²) in [6.07, 6.45) is 0. The first kappa shape index (κ1) is 20.0. The molecule has 8 heteroatoms. The molecule has 1 N–H and O–H groups in total. The molecule has 0 radical (unpaired) electrons. The van der Waals surface area contributed by atoms with Gasteiger partial charge in [-0.2, -0.15) is 0 Å². The second-order valence-electron chi connectivity index (χ2n) is 5.67. The number of ether oxygens (including phenoxy) is 2. The van der Waals surface area contributed by atoms with Gasteiger partial charge in [0.2, 0.25) is 5.91 Å². The minimum atomic E-state index is -0.191. The van der Waals surface area contributed by atoms with E-state index in [9.17, 15) is 4.79 Å². The summed E-state index contributed by atoms with van der Waals surface area (Å²) in [7, 11) is 3.15. The lowest BCUT2D eigenvalue weighted by Crippen LogP contribution is -2.14. The lowest BCUT2D eigenvalue weighted by molar-refractivity contribution is -0.113. The Balaban J connectivity index is 1.60. The molecule has 2 aromatic carbocycles. The van der Waals surface area contributed by atoms with E-state index in [1.165, 1.54) is 18.9 Å². The highest BCUT2D eigenvalue weighted by atomic mass is 35.5. The van der Waals surface area contributed by atoms with Crippen LogP contribution in [-0.4, -0.2) is 36.1 Å². The van der Waals surface area contributed by atoms with E-state index in [1.54, 1.807) is 25.3 Å². The molecule has 0 bridgehead atoms. The Kier molecular flexibility index (Phi) is 6.73. The number of thioether (sulfide) groups is 1. The number of halogens is 1. The summed E-state index contributed by atoms with van der Waals surface area (Å²) in [4.78, 5) is 12.2. The highest BCUT2D eigenvalue weighted by Crippen LogP contribution is 2.28. The van der Waals surface area contributed by atoms with E-state index < -0.39 is 0 Å². The van der Waals surface area contributed by atoms with E-state index >= 15 is 0 Å². The molecule has 0 saturated heterocycles. The number of benzene rings is 2. The van der Waals surface area contributed by atoms with E-state index in [-0.39, 0.29) is 11.7 Å². The van der Waals surface area contributed by atoms with E-state index in [1.807, 2.05) is 36.4 Å². The van der Waals surface area contributed by atoms with Crippen molar-refractivity contribution in [1.82, 2.24) is 10.2 Å². The zero-order valence-corrected chi connectivity index (χ0v) is 16.9. The standard InChI is InChI=1S/C20H18ClN3O3S/c1-26-15-5-3-4-13(10-15)16-7-9-20(24-23-16)28-12-19(25)22-17-11-14(21)6-8-18(17)27-2/h3-11H,12H2,1-2H3,(H,22,25). The summed E-state index contributed by atoms with van der Waals surface area (Å²) in [6, 6.07) is 16.3. The minimum absolute atomic E-state index is 0.183. The minimum Gasteiger partial charge on any atom is -0.497 e. The van der Waals surface area contributed by atoms with Crippen LogP contribution in [0.1, 0.15) is 0 Å². The molecule has 3 aromatic rings. The maximum absolute atomic E-state index is 12.2. The average molecular weight is 416 g/mol. The lowest BCUT2D eigenvalue weighted by atomic mass is 10.1. The van der Waals surface area contributed by atoms with Crippen molar-refractivity contribution in [3.05, 3.63) is 59.6 Å². The molecule has 28 heavy (non-hydrogen) atoms. The monoisotopic (exact) mass is 415 g/mol. The van der Waals surface area contributed by atoms with E-state index in [4.69, 9.17) is 21.1 Å². The van der Waals surface area contributed by atoms with Crippen molar-refractivity contribution in [2.75, 3.05) is 25.3 Å². The second kappa shape index (κ2) is 9.43. The summed E-state index contributed by atoms with van der Waals surface area (Å²) in [5.41, 5.74) is 2.17. The quantitative estimate of drug-likeness (QED) is 0.571. The maximum atomic E-state index is 12.2. The fourth-order valence-corrected chi connectivity index (χ4v) is 3.22. The number of aromatic nitrogens is 2. The number of hydrogen-bond acceptors (Lipinski definition) is 6. The number of nitrogens with zero attached hydrogens (tertiary/aromatic N) is 2. The fourth-order valence-electron chi connectivity index (χ4n) is 2.44. The van der Waals surface area contributed by atoms with Gasteiger partial charge in [-0.3, -0.25) is 4.79 Å². The van der Waals surface area contributed by atoms with Crippen molar-refractivity contribution in [3.63, 3.8) is 0 Å². The Morgan fingerprint density at radius 2 is 1.93 bits per heavy atom. The highest BCUT2D eigenvalue weighted by molar-refractivity contribution is 7.99. The summed E-state index contributed by atoms with van der Waals surface area (Å²) in [6.45, 7) is 0. The number of methoxy groups -OCH3 is 2. The SMILES string of the molecule is COc1cccc(-c2ccc(SCC(=O)Nc3cc(Cl)ccc3OC)nn2)c1. The smallest absolute Gasteiger partial charge is 0.234 e. The molecule has 6 nitrogen and oxygen atoms in total. The van der Waals surface area contributed by atoms with Crippen molar-refractivity contribution in [2.45, 2.75) is 5.03 Å². The van der Waals surface area contributed by atoms with Crippen molar-refractivity contribution in [3.8, 4) is 22.8 Å². The van der Waals surface area contributed by atoms with E-state index in [0.29, 0.717) is 21.5 Å². The van der Waals surface area contributed by atoms with Crippen LogP contribution >= 0.6 is 23.4 Å². The Hall–Kier alpha value is -2.77. The van der Waals surface area contributed by atoms with Gasteiger partial charge < -0.3 is 14.8 Å². The number of rotatable bonds is 7.